The monoisotopic (exact) mass is 439 g/mol. The molecule has 0 N–H and O–H groups in total. The van der Waals surface area contributed by atoms with Gasteiger partial charge in [-0.05, 0) is 44.0 Å². The molecule has 1 aliphatic rings. The van der Waals surface area contributed by atoms with Crippen molar-refractivity contribution in [3.05, 3.63) is 65.0 Å². The van der Waals surface area contributed by atoms with E-state index in [0.717, 1.165) is 18.4 Å². The van der Waals surface area contributed by atoms with Gasteiger partial charge in [-0.1, -0.05) is 11.6 Å². The van der Waals surface area contributed by atoms with Crippen LogP contribution in [0.4, 0.5) is 10.1 Å². The lowest BCUT2D eigenvalue weighted by atomic mass is 9.92. The molecule has 0 bridgehead atoms. The predicted octanol–water partition coefficient (Wildman–Crippen LogP) is 4.79. The number of carbonyl (C=O) groups excluding carboxylic acids is 1. The number of oxazole rings is 1. The molecule has 1 saturated heterocycles. The number of hydrogen-bond donors (Lipinski definition) is 0. The van der Waals surface area contributed by atoms with Crippen LogP contribution < -0.4 is 4.90 Å². The zero-order valence-corrected chi connectivity index (χ0v) is 17.5. The van der Waals surface area contributed by atoms with Crippen molar-refractivity contribution in [2.45, 2.75) is 31.7 Å². The summed E-state index contributed by atoms with van der Waals surface area (Å²) in [4.78, 5) is 19.5. The fourth-order valence-corrected chi connectivity index (χ4v) is 4.32. The highest BCUT2D eigenvalue weighted by molar-refractivity contribution is 6.31. The minimum absolute atomic E-state index is 0.00563. The number of carbonyl (C=O) groups is 1. The Hall–Kier alpha value is -3.26. The molecule has 2 atom stereocenters. The van der Waals surface area contributed by atoms with Crippen LogP contribution in [0.3, 0.4) is 0 Å². The molecule has 9 heteroatoms. The van der Waals surface area contributed by atoms with Gasteiger partial charge in [0.25, 0.3) is 0 Å². The van der Waals surface area contributed by atoms with E-state index in [1.54, 1.807) is 24.3 Å². The lowest BCUT2D eigenvalue weighted by Gasteiger charge is -2.39. The molecule has 0 saturated carbocycles. The van der Waals surface area contributed by atoms with Gasteiger partial charge < -0.3 is 9.32 Å². The standard InChI is InChI=1S/C22H19ClFN5O2/c1-13-2-3-14(22-27-17-5-4-15(23)10-20(17)31-22)11-28(13)19-7-6-18(16(12-30)21(19)24)29-25-8-9-26-29/h4-10,12-14H,2-3,11H2,1H3/t13-,14-/m1/s1. The lowest BCUT2D eigenvalue weighted by Crippen LogP contribution is -2.41. The highest BCUT2D eigenvalue weighted by atomic mass is 35.5. The van der Waals surface area contributed by atoms with Crippen molar-refractivity contribution >= 4 is 34.7 Å². The van der Waals surface area contributed by atoms with Crippen LogP contribution in [0, 0.1) is 5.82 Å². The molecule has 1 fully saturated rings. The van der Waals surface area contributed by atoms with Gasteiger partial charge in [-0.15, -0.1) is 0 Å². The quantitative estimate of drug-likeness (QED) is 0.426. The number of nitrogens with zero attached hydrogens (tertiary/aromatic N) is 5. The predicted molar refractivity (Wildman–Crippen MR) is 115 cm³/mol. The van der Waals surface area contributed by atoms with Crippen LogP contribution in [-0.4, -0.2) is 38.9 Å². The Balaban J connectivity index is 1.49. The van der Waals surface area contributed by atoms with Gasteiger partial charge in [0.2, 0.25) is 0 Å². The average molecular weight is 440 g/mol. The maximum atomic E-state index is 15.4. The number of piperidine rings is 1. The summed E-state index contributed by atoms with van der Waals surface area (Å²) in [5.41, 5.74) is 1.99. The molecule has 0 unspecified atom stereocenters. The molecule has 4 aromatic rings. The van der Waals surface area contributed by atoms with Gasteiger partial charge in [0.1, 0.15) is 5.52 Å². The first-order valence-corrected chi connectivity index (χ1v) is 10.4. The van der Waals surface area contributed by atoms with Gasteiger partial charge in [-0.3, -0.25) is 4.79 Å². The van der Waals surface area contributed by atoms with Crippen LogP contribution in [0.1, 0.15) is 41.9 Å². The summed E-state index contributed by atoms with van der Waals surface area (Å²) in [6.45, 7) is 2.57. The number of anilines is 1. The van der Waals surface area contributed by atoms with Crippen LogP contribution in [0.2, 0.25) is 5.02 Å². The van der Waals surface area contributed by atoms with E-state index in [0.29, 0.717) is 40.7 Å². The molecule has 158 valence electrons. The number of aldehydes is 1. The van der Waals surface area contributed by atoms with Crippen LogP contribution in [0.5, 0.6) is 0 Å². The number of fused-ring (bicyclic) bond motifs is 1. The van der Waals surface area contributed by atoms with Crippen molar-refractivity contribution in [2.75, 3.05) is 11.4 Å². The molecule has 7 nitrogen and oxygen atoms in total. The Kier molecular flexibility index (Phi) is 4.94. The minimum Gasteiger partial charge on any atom is -0.440 e. The third-order valence-corrected chi connectivity index (χ3v) is 6.03. The normalized spacial score (nSPS) is 19.1. The second-order valence-electron chi connectivity index (χ2n) is 7.71. The molecule has 1 aliphatic heterocycles. The summed E-state index contributed by atoms with van der Waals surface area (Å²) in [6, 6.07) is 8.78. The Labute approximate surface area is 182 Å². The minimum atomic E-state index is -0.582. The van der Waals surface area contributed by atoms with E-state index in [1.165, 1.54) is 17.2 Å². The van der Waals surface area contributed by atoms with Gasteiger partial charge >= 0.3 is 0 Å². The number of rotatable bonds is 4. The largest absolute Gasteiger partial charge is 0.440 e. The molecule has 0 spiro atoms. The maximum absolute atomic E-state index is 15.4. The van der Waals surface area contributed by atoms with Crippen LogP contribution in [0.15, 0.2) is 47.1 Å². The zero-order valence-electron chi connectivity index (χ0n) is 16.7. The van der Waals surface area contributed by atoms with Crippen molar-refractivity contribution in [1.82, 2.24) is 20.0 Å². The van der Waals surface area contributed by atoms with Crippen LogP contribution in [0.25, 0.3) is 16.8 Å². The second-order valence-corrected chi connectivity index (χ2v) is 8.14. The molecule has 31 heavy (non-hydrogen) atoms. The van der Waals surface area contributed by atoms with Crippen molar-refractivity contribution < 1.29 is 13.6 Å². The molecular weight excluding hydrogens is 421 g/mol. The summed E-state index contributed by atoms with van der Waals surface area (Å²) in [7, 11) is 0. The molecule has 0 amide bonds. The van der Waals surface area contributed by atoms with E-state index in [9.17, 15) is 4.79 Å². The average Bonchev–Trinajstić information content (AvgIpc) is 3.44. The summed E-state index contributed by atoms with van der Waals surface area (Å²) in [6.07, 6.45) is 5.17. The summed E-state index contributed by atoms with van der Waals surface area (Å²) < 4.78 is 21.4. The van der Waals surface area contributed by atoms with Crippen molar-refractivity contribution in [3.8, 4) is 5.69 Å². The van der Waals surface area contributed by atoms with Crippen molar-refractivity contribution in [2.24, 2.45) is 0 Å². The first-order chi connectivity index (χ1) is 15.0. The van der Waals surface area contributed by atoms with Crippen LogP contribution in [-0.2, 0) is 0 Å². The molecule has 0 radical (unpaired) electrons. The van der Waals surface area contributed by atoms with Gasteiger partial charge in [0, 0.05) is 23.7 Å². The fraction of sp³-hybridized carbons (Fsp3) is 0.273. The zero-order chi connectivity index (χ0) is 21.5. The number of halogens is 2. The number of aromatic nitrogens is 4. The van der Waals surface area contributed by atoms with Gasteiger partial charge in [-0.2, -0.15) is 15.0 Å². The van der Waals surface area contributed by atoms with Crippen molar-refractivity contribution in [3.63, 3.8) is 0 Å². The Morgan fingerprint density at radius 1 is 1.16 bits per heavy atom. The summed E-state index contributed by atoms with van der Waals surface area (Å²) in [5.74, 6) is 0.0260. The highest BCUT2D eigenvalue weighted by Gasteiger charge is 2.32. The Morgan fingerprint density at radius 2 is 1.94 bits per heavy atom. The van der Waals surface area contributed by atoms with Crippen LogP contribution >= 0.6 is 11.6 Å². The summed E-state index contributed by atoms with van der Waals surface area (Å²) in [5, 5.41) is 8.60. The molecule has 3 heterocycles. The van der Waals surface area contributed by atoms with E-state index in [2.05, 4.69) is 15.2 Å². The summed E-state index contributed by atoms with van der Waals surface area (Å²) >= 11 is 6.05. The first kappa shape index (κ1) is 19.7. The van der Waals surface area contributed by atoms with E-state index in [-0.39, 0.29) is 17.5 Å². The molecule has 2 aromatic carbocycles. The topological polar surface area (TPSA) is 77.1 Å². The van der Waals surface area contributed by atoms with E-state index in [1.807, 2.05) is 17.9 Å². The Morgan fingerprint density at radius 3 is 2.71 bits per heavy atom. The van der Waals surface area contributed by atoms with E-state index in [4.69, 9.17) is 16.0 Å². The number of hydrogen-bond acceptors (Lipinski definition) is 6. The SMILES string of the molecule is C[C@@H]1CC[C@@H](c2nc3ccc(Cl)cc3o2)CN1c1ccc(-n2nccn2)c(C=O)c1F. The van der Waals surface area contributed by atoms with Gasteiger partial charge in [0.05, 0.1) is 35.2 Å². The molecule has 5 rings (SSSR count). The smallest absolute Gasteiger partial charge is 0.200 e. The van der Waals surface area contributed by atoms with Gasteiger partial charge in [0.15, 0.2) is 23.6 Å². The fourth-order valence-electron chi connectivity index (χ4n) is 4.15. The van der Waals surface area contributed by atoms with E-state index < -0.39 is 5.82 Å². The molecular formula is C22H19ClFN5O2. The third kappa shape index (κ3) is 3.46. The Bertz CT molecular complexity index is 1260. The van der Waals surface area contributed by atoms with Crippen molar-refractivity contribution in [1.29, 1.82) is 0 Å². The number of benzene rings is 2. The lowest BCUT2D eigenvalue weighted by molar-refractivity contribution is 0.111. The van der Waals surface area contributed by atoms with E-state index >= 15 is 4.39 Å². The van der Waals surface area contributed by atoms with Gasteiger partial charge in [-0.25, -0.2) is 9.37 Å². The molecule has 0 aliphatic carbocycles. The third-order valence-electron chi connectivity index (χ3n) is 5.80. The highest BCUT2D eigenvalue weighted by Crippen LogP contribution is 2.36. The maximum Gasteiger partial charge on any atom is 0.200 e. The second kappa shape index (κ2) is 7.77. The molecule has 2 aromatic heterocycles. The first-order valence-electron chi connectivity index (χ1n) is 10.0.